The lowest BCUT2D eigenvalue weighted by atomic mass is 9.54. The zero-order chi connectivity index (χ0) is 18.2. The SMILES string of the molecule is CCOC1CC(N)(C(=O)Nc2cccc(NC(=O)C3CC3)c2)C1(C)C. The number of amides is 2. The maximum atomic E-state index is 12.8. The lowest BCUT2D eigenvalue weighted by molar-refractivity contribution is -0.166. The second kappa shape index (κ2) is 6.42. The summed E-state index contributed by atoms with van der Waals surface area (Å²) in [7, 11) is 0. The molecule has 136 valence electrons. The van der Waals surface area contributed by atoms with E-state index < -0.39 is 11.0 Å². The maximum absolute atomic E-state index is 12.8. The predicted molar refractivity (Wildman–Crippen MR) is 97.2 cm³/mol. The van der Waals surface area contributed by atoms with Crippen LogP contribution in [0.2, 0.25) is 0 Å². The molecule has 1 aromatic carbocycles. The summed E-state index contributed by atoms with van der Waals surface area (Å²) < 4.78 is 5.67. The van der Waals surface area contributed by atoms with Gasteiger partial charge < -0.3 is 21.1 Å². The van der Waals surface area contributed by atoms with Crippen LogP contribution in [0.15, 0.2) is 24.3 Å². The van der Waals surface area contributed by atoms with E-state index in [0.717, 1.165) is 12.8 Å². The second-order valence-electron chi connectivity index (χ2n) is 7.64. The first-order valence-electron chi connectivity index (χ1n) is 8.91. The van der Waals surface area contributed by atoms with Crippen molar-refractivity contribution in [2.75, 3.05) is 17.2 Å². The number of anilines is 2. The fourth-order valence-electron chi connectivity index (χ4n) is 3.33. The summed E-state index contributed by atoms with van der Waals surface area (Å²) in [5, 5.41) is 5.77. The number of ether oxygens (including phenoxy) is 1. The third-order valence-corrected chi connectivity index (χ3v) is 5.57. The third kappa shape index (κ3) is 3.28. The van der Waals surface area contributed by atoms with Crippen LogP contribution in [-0.4, -0.2) is 30.1 Å². The first kappa shape index (κ1) is 17.9. The smallest absolute Gasteiger partial charge is 0.245 e. The molecule has 2 aliphatic rings. The molecule has 0 spiro atoms. The number of hydrogen-bond donors (Lipinski definition) is 3. The number of hydrogen-bond acceptors (Lipinski definition) is 4. The van der Waals surface area contributed by atoms with Gasteiger partial charge in [-0.2, -0.15) is 0 Å². The molecule has 2 unspecified atom stereocenters. The van der Waals surface area contributed by atoms with Gasteiger partial charge in [-0.1, -0.05) is 19.9 Å². The van der Waals surface area contributed by atoms with E-state index in [1.807, 2.05) is 26.8 Å². The first-order valence-corrected chi connectivity index (χ1v) is 8.91. The molecule has 2 atom stereocenters. The van der Waals surface area contributed by atoms with Gasteiger partial charge in [0.1, 0.15) is 5.54 Å². The van der Waals surface area contributed by atoms with Crippen molar-refractivity contribution >= 4 is 23.2 Å². The van der Waals surface area contributed by atoms with Crippen LogP contribution in [-0.2, 0) is 14.3 Å². The average molecular weight is 345 g/mol. The Morgan fingerprint density at radius 1 is 1.24 bits per heavy atom. The van der Waals surface area contributed by atoms with Gasteiger partial charge in [0.25, 0.3) is 0 Å². The molecule has 0 saturated heterocycles. The molecule has 1 aromatic rings. The van der Waals surface area contributed by atoms with Gasteiger partial charge in [-0.05, 0) is 38.0 Å². The van der Waals surface area contributed by atoms with Gasteiger partial charge in [0.2, 0.25) is 11.8 Å². The number of nitrogens with two attached hydrogens (primary N) is 1. The van der Waals surface area contributed by atoms with E-state index in [9.17, 15) is 9.59 Å². The first-order chi connectivity index (χ1) is 11.8. The number of benzene rings is 1. The Hall–Kier alpha value is -1.92. The zero-order valence-electron chi connectivity index (χ0n) is 15.1. The Labute approximate surface area is 148 Å². The topological polar surface area (TPSA) is 93.4 Å². The summed E-state index contributed by atoms with van der Waals surface area (Å²) in [4.78, 5) is 24.6. The Bertz CT molecular complexity index is 684. The van der Waals surface area contributed by atoms with E-state index >= 15 is 0 Å². The summed E-state index contributed by atoms with van der Waals surface area (Å²) in [6, 6.07) is 7.16. The van der Waals surface area contributed by atoms with Crippen LogP contribution in [0.1, 0.15) is 40.0 Å². The molecular formula is C19H27N3O3. The highest BCUT2D eigenvalue weighted by atomic mass is 16.5. The lowest BCUT2D eigenvalue weighted by Crippen LogP contribution is -2.74. The van der Waals surface area contributed by atoms with Crippen LogP contribution in [0.25, 0.3) is 0 Å². The number of carbonyl (C=O) groups excluding carboxylic acids is 2. The van der Waals surface area contributed by atoms with E-state index in [1.54, 1.807) is 18.2 Å². The quantitative estimate of drug-likeness (QED) is 0.738. The number of carbonyl (C=O) groups is 2. The maximum Gasteiger partial charge on any atom is 0.245 e. The molecule has 2 fully saturated rings. The van der Waals surface area contributed by atoms with Crippen molar-refractivity contribution in [3.05, 3.63) is 24.3 Å². The summed E-state index contributed by atoms with van der Waals surface area (Å²) >= 11 is 0. The molecule has 2 amide bonds. The Morgan fingerprint density at radius 3 is 2.44 bits per heavy atom. The Kier molecular flexibility index (Phi) is 4.60. The van der Waals surface area contributed by atoms with Gasteiger partial charge in [-0.25, -0.2) is 0 Å². The minimum absolute atomic E-state index is 0.0163. The molecule has 25 heavy (non-hydrogen) atoms. The fourth-order valence-corrected chi connectivity index (χ4v) is 3.33. The minimum Gasteiger partial charge on any atom is -0.378 e. The molecule has 4 N–H and O–H groups in total. The van der Waals surface area contributed by atoms with Gasteiger partial charge in [0.15, 0.2) is 0 Å². The van der Waals surface area contributed by atoms with Crippen molar-refractivity contribution in [2.24, 2.45) is 17.1 Å². The second-order valence-corrected chi connectivity index (χ2v) is 7.64. The molecule has 0 bridgehead atoms. The monoisotopic (exact) mass is 345 g/mol. The van der Waals surface area contributed by atoms with E-state index in [2.05, 4.69) is 10.6 Å². The molecule has 6 heteroatoms. The van der Waals surface area contributed by atoms with Crippen LogP contribution < -0.4 is 16.4 Å². The van der Waals surface area contributed by atoms with Gasteiger partial charge in [-0.3, -0.25) is 9.59 Å². The lowest BCUT2D eigenvalue weighted by Gasteiger charge is -2.57. The molecule has 3 rings (SSSR count). The van der Waals surface area contributed by atoms with Crippen molar-refractivity contribution < 1.29 is 14.3 Å². The molecule has 0 heterocycles. The standard InChI is InChI=1S/C19H27N3O3/c1-4-25-15-11-19(20,18(15,2)3)17(24)22-14-7-5-6-13(10-14)21-16(23)12-8-9-12/h5-7,10,12,15H,4,8-9,11,20H2,1-3H3,(H,21,23)(H,22,24). The summed E-state index contributed by atoms with van der Waals surface area (Å²) in [5.41, 5.74) is 6.29. The van der Waals surface area contributed by atoms with Crippen LogP contribution in [0, 0.1) is 11.3 Å². The van der Waals surface area contributed by atoms with Crippen molar-refractivity contribution in [1.82, 2.24) is 0 Å². The molecule has 0 aliphatic heterocycles. The predicted octanol–water partition coefficient (Wildman–Crippen LogP) is 2.51. The van der Waals surface area contributed by atoms with Crippen LogP contribution in [0.4, 0.5) is 11.4 Å². The van der Waals surface area contributed by atoms with E-state index in [0.29, 0.717) is 24.4 Å². The van der Waals surface area contributed by atoms with E-state index in [4.69, 9.17) is 10.5 Å². The molecule has 6 nitrogen and oxygen atoms in total. The molecule has 0 radical (unpaired) electrons. The highest BCUT2D eigenvalue weighted by Gasteiger charge is 2.62. The molecule has 2 aliphatic carbocycles. The highest BCUT2D eigenvalue weighted by molar-refractivity contribution is 6.00. The fraction of sp³-hybridized carbons (Fsp3) is 0.579. The Balaban J connectivity index is 1.66. The van der Waals surface area contributed by atoms with Crippen molar-refractivity contribution in [3.8, 4) is 0 Å². The van der Waals surface area contributed by atoms with E-state index in [1.165, 1.54) is 0 Å². The number of rotatable bonds is 6. The third-order valence-electron chi connectivity index (χ3n) is 5.57. The summed E-state index contributed by atoms with van der Waals surface area (Å²) in [6.07, 6.45) is 2.39. The summed E-state index contributed by atoms with van der Waals surface area (Å²) in [6.45, 7) is 6.47. The van der Waals surface area contributed by atoms with Crippen molar-refractivity contribution in [3.63, 3.8) is 0 Å². The minimum atomic E-state index is -0.972. The van der Waals surface area contributed by atoms with Crippen LogP contribution >= 0.6 is 0 Å². The number of nitrogens with one attached hydrogen (secondary N) is 2. The van der Waals surface area contributed by atoms with Crippen LogP contribution in [0.5, 0.6) is 0 Å². The van der Waals surface area contributed by atoms with Crippen molar-refractivity contribution in [1.29, 1.82) is 0 Å². The molecule has 0 aromatic heterocycles. The van der Waals surface area contributed by atoms with E-state index in [-0.39, 0.29) is 23.8 Å². The highest BCUT2D eigenvalue weighted by Crippen LogP contribution is 2.50. The largest absolute Gasteiger partial charge is 0.378 e. The average Bonchev–Trinajstić information content (AvgIpc) is 3.39. The van der Waals surface area contributed by atoms with Gasteiger partial charge >= 0.3 is 0 Å². The molecular weight excluding hydrogens is 318 g/mol. The van der Waals surface area contributed by atoms with Gasteiger partial charge in [-0.15, -0.1) is 0 Å². The molecule has 2 saturated carbocycles. The normalized spacial score (nSPS) is 27.3. The van der Waals surface area contributed by atoms with Crippen LogP contribution in [0.3, 0.4) is 0 Å². The van der Waals surface area contributed by atoms with Gasteiger partial charge in [0, 0.05) is 35.7 Å². The Morgan fingerprint density at radius 2 is 1.88 bits per heavy atom. The zero-order valence-corrected chi connectivity index (χ0v) is 15.1. The van der Waals surface area contributed by atoms with Crippen molar-refractivity contribution in [2.45, 2.75) is 51.7 Å². The summed E-state index contributed by atoms with van der Waals surface area (Å²) in [5.74, 6) is -0.0468. The van der Waals surface area contributed by atoms with Gasteiger partial charge in [0.05, 0.1) is 6.10 Å².